The lowest BCUT2D eigenvalue weighted by molar-refractivity contribution is -0.136. The van der Waals surface area contributed by atoms with Crippen LogP contribution in [0.5, 0.6) is 11.5 Å². The summed E-state index contributed by atoms with van der Waals surface area (Å²) in [5, 5.41) is 0. The van der Waals surface area contributed by atoms with E-state index >= 15 is 0 Å². The highest BCUT2D eigenvalue weighted by molar-refractivity contribution is 5.90. The van der Waals surface area contributed by atoms with E-state index in [9.17, 15) is 9.59 Å². The van der Waals surface area contributed by atoms with Crippen molar-refractivity contribution in [3.63, 3.8) is 0 Å². The van der Waals surface area contributed by atoms with Gasteiger partial charge >= 0.3 is 11.9 Å². The van der Waals surface area contributed by atoms with Crippen LogP contribution in [0.15, 0.2) is 78.9 Å². The highest BCUT2D eigenvalue weighted by atomic mass is 16.6. The molecule has 0 heterocycles. The molecule has 0 bridgehead atoms. The van der Waals surface area contributed by atoms with E-state index in [0.29, 0.717) is 17.7 Å². The van der Waals surface area contributed by atoms with E-state index in [1.165, 1.54) is 11.6 Å². The Morgan fingerprint density at radius 3 is 2.27 bits per heavy atom. The van der Waals surface area contributed by atoms with Gasteiger partial charge in [-0.25, -0.2) is 9.59 Å². The fraction of sp³-hybridized carbons (Fsp3) is 0.286. The molecule has 3 aromatic carbocycles. The van der Waals surface area contributed by atoms with Crippen LogP contribution in [-0.4, -0.2) is 25.2 Å². The van der Waals surface area contributed by atoms with Crippen molar-refractivity contribution in [2.45, 2.75) is 39.0 Å². The SMILES string of the molecule is CCC(C)(C)c1ccc(OCC(=O)Oc2cccc(C(=O)OCCc3ccccc3)c2)cc1. The van der Waals surface area contributed by atoms with Crippen LogP contribution in [0.2, 0.25) is 0 Å². The third-order valence-electron chi connectivity index (χ3n) is 5.64. The highest BCUT2D eigenvalue weighted by Crippen LogP contribution is 2.28. The Morgan fingerprint density at radius 2 is 1.58 bits per heavy atom. The van der Waals surface area contributed by atoms with Crippen LogP contribution in [-0.2, 0) is 21.4 Å². The maximum absolute atomic E-state index is 12.3. The van der Waals surface area contributed by atoms with Gasteiger partial charge in [0.2, 0.25) is 0 Å². The minimum atomic E-state index is -0.553. The third kappa shape index (κ3) is 7.21. The number of hydrogen-bond donors (Lipinski definition) is 0. The zero-order valence-corrected chi connectivity index (χ0v) is 19.4. The van der Waals surface area contributed by atoms with Gasteiger partial charge in [0.15, 0.2) is 6.61 Å². The average Bonchev–Trinajstić information content (AvgIpc) is 2.84. The topological polar surface area (TPSA) is 61.8 Å². The van der Waals surface area contributed by atoms with Gasteiger partial charge < -0.3 is 14.2 Å². The summed E-state index contributed by atoms with van der Waals surface area (Å²) < 4.78 is 16.2. The minimum absolute atomic E-state index is 0.0885. The van der Waals surface area contributed by atoms with E-state index in [0.717, 1.165) is 12.0 Å². The first kappa shape index (κ1) is 24.1. The van der Waals surface area contributed by atoms with Crippen molar-refractivity contribution >= 4 is 11.9 Å². The van der Waals surface area contributed by atoms with Crippen LogP contribution < -0.4 is 9.47 Å². The van der Waals surface area contributed by atoms with E-state index in [1.807, 2.05) is 54.6 Å². The number of esters is 2. The van der Waals surface area contributed by atoms with E-state index in [-0.39, 0.29) is 24.4 Å². The Morgan fingerprint density at radius 1 is 0.848 bits per heavy atom. The molecule has 0 radical (unpaired) electrons. The number of ether oxygens (including phenoxy) is 3. The monoisotopic (exact) mass is 446 g/mol. The molecule has 0 atom stereocenters. The molecule has 33 heavy (non-hydrogen) atoms. The van der Waals surface area contributed by atoms with Crippen molar-refractivity contribution in [3.05, 3.63) is 95.6 Å². The summed E-state index contributed by atoms with van der Waals surface area (Å²) in [6.07, 6.45) is 1.66. The zero-order chi connectivity index (χ0) is 23.7. The molecule has 0 aliphatic carbocycles. The Balaban J connectivity index is 1.48. The van der Waals surface area contributed by atoms with Gasteiger partial charge in [-0.1, -0.05) is 69.3 Å². The maximum Gasteiger partial charge on any atom is 0.349 e. The summed E-state index contributed by atoms with van der Waals surface area (Å²) in [5.41, 5.74) is 2.72. The Labute approximate surface area is 195 Å². The smallest absolute Gasteiger partial charge is 0.349 e. The fourth-order valence-electron chi connectivity index (χ4n) is 3.19. The first-order chi connectivity index (χ1) is 15.9. The van der Waals surface area contributed by atoms with Crippen molar-refractivity contribution in [1.29, 1.82) is 0 Å². The largest absolute Gasteiger partial charge is 0.482 e. The summed E-state index contributed by atoms with van der Waals surface area (Å²) in [5.74, 6) is -0.155. The average molecular weight is 447 g/mol. The van der Waals surface area contributed by atoms with Crippen LogP contribution in [0.25, 0.3) is 0 Å². The van der Waals surface area contributed by atoms with Crippen molar-refractivity contribution in [1.82, 2.24) is 0 Å². The van der Waals surface area contributed by atoms with Crippen LogP contribution >= 0.6 is 0 Å². The van der Waals surface area contributed by atoms with Gasteiger partial charge in [0.1, 0.15) is 11.5 Å². The third-order valence-corrected chi connectivity index (χ3v) is 5.64. The number of carbonyl (C=O) groups is 2. The van der Waals surface area contributed by atoms with Gasteiger partial charge in [0.05, 0.1) is 12.2 Å². The van der Waals surface area contributed by atoms with Gasteiger partial charge in [-0.3, -0.25) is 0 Å². The van der Waals surface area contributed by atoms with Crippen molar-refractivity contribution in [2.75, 3.05) is 13.2 Å². The first-order valence-electron chi connectivity index (χ1n) is 11.1. The summed E-state index contributed by atoms with van der Waals surface area (Å²) in [7, 11) is 0. The van der Waals surface area contributed by atoms with Crippen molar-refractivity contribution < 1.29 is 23.8 Å². The fourth-order valence-corrected chi connectivity index (χ4v) is 3.19. The first-order valence-corrected chi connectivity index (χ1v) is 11.1. The van der Waals surface area contributed by atoms with E-state index in [4.69, 9.17) is 14.2 Å². The summed E-state index contributed by atoms with van der Waals surface area (Å²) in [4.78, 5) is 24.5. The second-order valence-electron chi connectivity index (χ2n) is 8.42. The number of rotatable bonds is 10. The van der Waals surface area contributed by atoms with E-state index < -0.39 is 11.9 Å². The van der Waals surface area contributed by atoms with Crippen molar-refractivity contribution in [2.24, 2.45) is 0 Å². The molecule has 0 saturated heterocycles. The van der Waals surface area contributed by atoms with Gasteiger partial charge in [-0.2, -0.15) is 0 Å². The molecule has 0 N–H and O–H groups in total. The van der Waals surface area contributed by atoms with Crippen LogP contribution in [0.3, 0.4) is 0 Å². The molecule has 0 aliphatic rings. The molecule has 3 rings (SSSR count). The molecular formula is C28H30O5. The molecule has 0 saturated carbocycles. The zero-order valence-electron chi connectivity index (χ0n) is 19.4. The molecule has 0 spiro atoms. The molecule has 0 aromatic heterocycles. The van der Waals surface area contributed by atoms with E-state index in [2.05, 4.69) is 20.8 Å². The molecule has 5 nitrogen and oxygen atoms in total. The summed E-state index contributed by atoms with van der Waals surface area (Å²) in [6, 6.07) is 23.9. The Kier molecular flexibility index (Phi) is 8.25. The molecular weight excluding hydrogens is 416 g/mol. The van der Waals surface area contributed by atoms with Crippen molar-refractivity contribution in [3.8, 4) is 11.5 Å². The lowest BCUT2D eigenvalue weighted by Gasteiger charge is -2.23. The highest BCUT2D eigenvalue weighted by Gasteiger charge is 2.18. The minimum Gasteiger partial charge on any atom is -0.482 e. The normalized spacial score (nSPS) is 11.0. The molecule has 3 aromatic rings. The van der Waals surface area contributed by atoms with Crippen LogP contribution in [0.1, 0.15) is 48.7 Å². The predicted octanol–water partition coefficient (Wildman–Crippen LogP) is 5.76. The van der Waals surface area contributed by atoms with Gasteiger partial charge in [-0.15, -0.1) is 0 Å². The molecule has 0 unspecified atom stereocenters. The maximum atomic E-state index is 12.3. The number of carbonyl (C=O) groups excluding carboxylic acids is 2. The Bertz CT molecular complexity index is 1060. The molecule has 0 aliphatic heterocycles. The lowest BCUT2D eigenvalue weighted by atomic mass is 9.82. The van der Waals surface area contributed by atoms with Crippen LogP contribution in [0, 0.1) is 0 Å². The lowest BCUT2D eigenvalue weighted by Crippen LogP contribution is -2.18. The van der Waals surface area contributed by atoms with Gasteiger partial charge in [0, 0.05) is 6.42 Å². The second-order valence-corrected chi connectivity index (χ2v) is 8.42. The molecule has 0 fully saturated rings. The van der Waals surface area contributed by atoms with Gasteiger partial charge in [0.25, 0.3) is 0 Å². The molecule has 5 heteroatoms. The van der Waals surface area contributed by atoms with Gasteiger partial charge in [-0.05, 0) is 53.3 Å². The number of hydrogen-bond acceptors (Lipinski definition) is 5. The van der Waals surface area contributed by atoms with Crippen LogP contribution in [0.4, 0.5) is 0 Å². The Hall–Kier alpha value is -3.60. The predicted molar refractivity (Wildman–Crippen MR) is 128 cm³/mol. The van der Waals surface area contributed by atoms with E-state index in [1.54, 1.807) is 18.2 Å². The quantitative estimate of drug-likeness (QED) is 0.293. The summed E-state index contributed by atoms with van der Waals surface area (Å²) in [6.45, 7) is 6.57. The standard InChI is InChI=1S/C28H30O5/c1-4-28(2,3)23-13-15-24(16-14-23)32-20-26(29)33-25-12-8-11-22(19-25)27(30)31-18-17-21-9-6-5-7-10-21/h5-16,19H,4,17-18,20H2,1-3H3. The molecule has 0 amide bonds. The number of benzene rings is 3. The summed E-state index contributed by atoms with van der Waals surface area (Å²) >= 11 is 0. The second kappa shape index (κ2) is 11.3. The molecule has 172 valence electrons.